The van der Waals surface area contributed by atoms with Gasteiger partial charge in [-0.15, -0.1) is 12.4 Å². The molecule has 0 heterocycles. The second-order valence-corrected chi connectivity index (χ2v) is 2.35. The summed E-state index contributed by atoms with van der Waals surface area (Å²) in [6, 6.07) is 3.30. The summed E-state index contributed by atoms with van der Waals surface area (Å²) in [6.45, 7) is 1.86. The summed E-state index contributed by atoms with van der Waals surface area (Å²) in [4.78, 5) is 0. The summed E-state index contributed by atoms with van der Waals surface area (Å²) in [6.07, 6.45) is 0. The molecule has 4 heteroatoms. The number of rotatable bonds is 1. The van der Waals surface area contributed by atoms with E-state index in [1.165, 1.54) is 7.11 Å². The Labute approximate surface area is 77.6 Å². The van der Waals surface area contributed by atoms with E-state index in [0.29, 0.717) is 11.4 Å². The Bertz CT molecular complexity index is 276. The van der Waals surface area contributed by atoms with Crippen molar-refractivity contribution in [3.63, 3.8) is 0 Å². The van der Waals surface area contributed by atoms with Gasteiger partial charge in [-0.25, -0.2) is 0 Å². The third-order valence-electron chi connectivity index (χ3n) is 1.60. The van der Waals surface area contributed by atoms with Gasteiger partial charge < -0.3 is 15.6 Å². The summed E-state index contributed by atoms with van der Waals surface area (Å²) in [5.41, 5.74) is 7.00. The SMILES string of the molecule is COc1c(O)ccc(C)c1N.Cl. The number of nitrogen functional groups attached to an aromatic ring is 1. The van der Waals surface area contributed by atoms with Gasteiger partial charge in [-0.05, 0) is 18.6 Å². The molecule has 0 fully saturated rings. The highest BCUT2D eigenvalue weighted by Crippen LogP contribution is 2.33. The van der Waals surface area contributed by atoms with Gasteiger partial charge in [0, 0.05) is 0 Å². The average molecular weight is 190 g/mol. The first kappa shape index (κ1) is 10.9. The van der Waals surface area contributed by atoms with Crippen LogP contribution in [-0.2, 0) is 0 Å². The molecule has 0 amide bonds. The van der Waals surface area contributed by atoms with Crippen molar-refractivity contribution in [1.82, 2.24) is 0 Å². The summed E-state index contributed by atoms with van der Waals surface area (Å²) in [5, 5.41) is 9.21. The van der Waals surface area contributed by atoms with Crippen LogP contribution in [-0.4, -0.2) is 12.2 Å². The van der Waals surface area contributed by atoms with Gasteiger partial charge in [-0.2, -0.15) is 0 Å². The van der Waals surface area contributed by atoms with E-state index >= 15 is 0 Å². The van der Waals surface area contributed by atoms with Gasteiger partial charge in [0.05, 0.1) is 12.8 Å². The van der Waals surface area contributed by atoms with Crippen LogP contribution in [0, 0.1) is 6.92 Å². The molecule has 0 aromatic heterocycles. The fourth-order valence-electron chi connectivity index (χ4n) is 0.901. The second kappa shape index (κ2) is 4.07. The monoisotopic (exact) mass is 189 g/mol. The molecule has 12 heavy (non-hydrogen) atoms. The zero-order chi connectivity index (χ0) is 8.43. The zero-order valence-corrected chi connectivity index (χ0v) is 7.81. The van der Waals surface area contributed by atoms with Gasteiger partial charge in [-0.3, -0.25) is 0 Å². The number of benzene rings is 1. The van der Waals surface area contributed by atoms with Crippen molar-refractivity contribution in [2.75, 3.05) is 12.8 Å². The van der Waals surface area contributed by atoms with Crippen LogP contribution in [0.1, 0.15) is 5.56 Å². The Morgan fingerprint density at radius 3 is 2.42 bits per heavy atom. The molecule has 1 rings (SSSR count). The van der Waals surface area contributed by atoms with Crippen LogP contribution in [0.2, 0.25) is 0 Å². The minimum Gasteiger partial charge on any atom is -0.504 e. The van der Waals surface area contributed by atoms with Crippen molar-refractivity contribution in [3.05, 3.63) is 17.7 Å². The molecule has 0 radical (unpaired) electrons. The van der Waals surface area contributed by atoms with Crippen LogP contribution in [0.5, 0.6) is 11.5 Å². The number of anilines is 1. The first-order chi connectivity index (χ1) is 5.16. The summed E-state index contributed by atoms with van der Waals surface area (Å²) in [7, 11) is 1.48. The molecular formula is C8H12ClNO2. The lowest BCUT2D eigenvalue weighted by Gasteiger charge is -2.07. The highest BCUT2D eigenvalue weighted by Gasteiger charge is 2.06. The number of phenolic OH excluding ortho intramolecular Hbond substituents is 1. The molecule has 1 aromatic rings. The Hall–Kier alpha value is -1.09. The smallest absolute Gasteiger partial charge is 0.183 e. The molecule has 1 aromatic carbocycles. The number of ether oxygens (including phenoxy) is 1. The molecule has 0 saturated carbocycles. The van der Waals surface area contributed by atoms with Crippen LogP contribution in [0.4, 0.5) is 5.69 Å². The maximum Gasteiger partial charge on any atom is 0.183 e. The van der Waals surface area contributed by atoms with Crippen LogP contribution in [0.15, 0.2) is 12.1 Å². The van der Waals surface area contributed by atoms with E-state index in [2.05, 4.69) is 0 Å². The van der Waals surface area contributed by atoms with Gasteiger partial charge in [-0.1, -0.05) is 6.07 Å². The van der Waals surface area contributed by atoms with Crippen LogP contribution in [0.3, 0.4) is 0 Å². The lowest BCUT2D eigenvalue weighted by molar-refractivity contribution is 0.375. The lowest BCUT2D eigenvalue weighted by Crippen LogP contribution is -1.94. The average Bonchev–Trinajstić information content (AvgIpc) is 1.99. The molecule has 0 aliphatic heterocycles. The molecule has 0 bridgehead atoms. The molecule has 0 spiro atoms. The molecule has 0 atom stereocenters. The highest BCUT2D eigenvalue weighted by atomic mass is 35.5. The molecule has 68 valence electrons. The molecule has 0 unspecified atom stereocenters. The fraction of sp³-hybridized carbons (Fsp3) is 0.250. The van der Waals surface area contributed by atoms with Crippen molar-refractivity contribution < 1.29 is 9.84 Å². The summed E-state index contributed by atoms with van der Waals surface area (Å²) >= 11 is 0. The highest BCUT2D eigenvalue weighted by molar-refractivity contribution is 5.85. The Balaban J connectivity index is 0.00000121. The van der Waals surface area contributed by atoms with Gasteiger partial charge in [0.1, 0.15) is 0 Å². The van der Waals surface area contributed by atoms with Crippen molar-refractivity contribution in [2.45, 2.75) is 6.92 Å². The number of methoxy groups -OCH3 is 1. The summed E-state index contributed by atoms with van der Waals surface area (Å²) in [5.74, 6) is 0.431. The predicted octanol–water partition coefficient (Wildman–Crippen LogP) is 1.71. The van der Waals surface area contributed by atoms with E-state index in [-0.39, 0.29) is 18.2 Å². The number of phenols is 1. The van der Waals surface area contributed by atoms with Crippen molar-refractivity contribution in [2.24, 2.45) is 0 Å². The minimum atomic E-state index is 0. The van der Waals surface area contributed by atoms with Crippen LogP contribution >= 0.6 is 12.4 Å². The topological polar surface area (TPSA) is 55.5 Å². The Morgan fingerprint density at radius 1 is 1.42 bits per heavy atom. The van der Waals surface area contributed by atoms with Crippen molar-refractivity contribution in [1.29, 1.82) is 0 Å². The van der Waals surface area contributed by atoms with Gasteiger partial charge in [0.15, 0.2) is 11.5 Å². The number of hydrogen-bond acceptors (Lipinski definition) is 3. The largest absolute Gasteiger partial charge is 0.504 e. The minimum absolute atomic E-state index is 0. The van der Waals surface area contributed by atoms with Crippen LogP contribution < -0.4 is 10.5 Å². The first-order valence-corrected chi connectivity index (χ1v) is 3.29. The van der Waals surface area contributed by atoms with Gasteiger partial charge in [0.25, 0.3) is 0 Å². The second-order valence-electron chi connectivity index (χ2n) is 2.35. The van der Waals surface area contributed by atoms with E-state index in [1.807, 2.05) is 6.92 Å². The van der Waals surface area contributed by atoms with Gasteiger partial charge in [0.2, 0.25) is 0 Å². The quantitative estimate of drug-likeness (QED) is 0.662. The fourth-order valence-corrected chi connectivity index (χ4v) is 0.901. The van der Waals surface area contributed by atoms with Gasteiger partial charge >= 0.3 is 0 Å². The first-order valence-electron chi connectivity index (χ1n) is 3.29. The summed E-state index contributed by atoms with van der Waals surface area (Å²) < 4.78 is 4.88. The lowest BCUT2D eigenvalue weighted by atomic mass is 10.2. The number of aromatic hydroxyl groups is 1. The standard InChI is InChI=1S/C8H11NO2.ClH/c1-5-3-4-6(10)8(11-2)7(5)9;/h3-4,10H,9H2,1-2H3;1H. The Morgan fingerprint density at radius 2 is 2.00 bits per heavy atom. The molecule has 0 saturated heterocycles. The van der Waals surface area contributed by atoms with Crippen LogP contribution in [0.25, 0.3) is 0 Å². The van der Waals surface area contributed by atoms with Crippen molar-refractivity contribution >= 4 is 18.1 Å². The van der Waals surface area contributed by atoms with E-state index in [9.17, 15) is 5.11 Å². The third kappa shape index (κ3) is 1.74. The van der Waals surface area contributed by atoms with E-state index in [0.717, 1.165) is 5.56 Å². The number of hydrogen-bond donors (Lipinski definition) is 2. The molecule has 3 N–H and O–H groups in total. The maximum atomic E-state index is 9.21. The third-order valence-corrected chi connectivity index (χ3v) is 1.60. The number of halogens is 1. The van der Waals surface area contributed by atoms with E-state index < -0.39 is 0 Å². The van der Waals surface area contributed by atoms with E-state index in [1.54, 1.807) is 12.1 Å². The molecule has 0 aliphatic rings. The molecule has 0 aliphatic carbocycles. The number of aryl methyl sites for hydroxylation is 1. The Kier molecular flexibility index (Phi) is 3.70. The van der Waals surface area contributed by atoms with Crippen molar-refractivity contribution in [3.8, 4) is 11.5 Å². The van der Waals surface area contributed by atoms with E-state index in [4.69, 9.17) is 10.5 Å². The molecular weight excluding hydrogens is 178 g/mol. The molecule has 3 nitrogen and oxygen atoms in total. The maximum absolute atomic E-state index is 9.21. The zero-order valence-electron chi connectivity index (χ0n) is 7.00. The normalized spacial score (nSPS) is 8.83. The number of nitrogens with two attached hydrogens (primary N) is 1. The predicted molar refractivity (Wildman–Crippen MR) is 51.1 cm³/mol.